The van der Waals surface area contributed by atoms with Crippen molar-refractivity contribution in [1.82, 2.24) is 15.1 Å². The van der Waals surface area contributed by atoms with Crippen LogP contribution in [0.3, 0.4) is 0 Å². The minimum absolute atomic E-state index is 0.0591. The van der Waals surface area contributed by atoms with Gasteiger partial charge in [-0.05, 0) is 17.9 Å². The Morgan fingerprint density at radius 3 is 2.68 bits per heavy atom. The second kappa shape index (κ2) is 4.54. The number of likely N-dealkylation sites (tertiary alicyclic amines) is 1. The first-order valence-electron chi connectivity index (χ1n) is 6.07. The lowest BCUT2D eigenvalue weighted by molar-refractivity contribution is -0.214. The van der Waals surface area contributed by atoms with Gasteiger partial charge in [-0.3, -0.25) is 9.89 Å². The Labute approximate surface area is 109 Å². The van der Waals surface area contributed by atoms with Crippen molar-refractivity contribution < 1.29 is 18.0 Å². The van der Waals surface area contributed by atoms with Crippen LogP contribution in [0.4, 0.5) is 13.2 Å². The average Bonchev–Trinajstić information content (AvgIpc) is 2.77. The topological polar surface area (TPSA) is 49.0 Å². The molecule has 19 heavy (non-hydrogen) atoms. The van der Waals surface area contributed by atoms with Crippen molar-refractivity contribution in [3.63, 3.8) is 0 Å². The SMILES string of the molecule is CC1(C)CN(C(=O)c2ccn[nH]2)CCC1C(F)(F)F. The molecule has 1 N–H and O–H groups in total. The molecule has 1 atom stereocenters. The van der Waals surface area contributed by atoms with Gasteiger partial charge in [0.15, 0.2) is 0 Å². The number of hydrogen-bond donors (Lipinski definition) is 1. The summed E-state index contributed by atoms with van der Waals surface area (Å²) < 4.78 is 38.8. The molecule has 106 valence electrons. The fraction of sp³-hybridized carbons (Fsp3) is 0.667. The van der Waals surface area contributed by atoms with E-state index in [0.29, 0.717) is 5.69 Å². The number of H-pyrrole nitrogens is 1. The van der Waals surface area contributed by atoms with E-state index >= 15 is 0 Å². The number of carbonyl (C=O) groups is 1. The minimum atomic E-state index is -4.22. The Morgan fingerprint density at radius 2 is 2.21 bits per heavy atom. The van der Waals surface area contributed by atoms with E-state index in [4.69, 9.17) is 0 Å². The molecule has 0 radical (unpaired) electrons. The third kappa shape index (κ3) is 2.74. The molecule has 0 bridgehead atoms. The van der Waals surface area contributed by atoms with E-state index in [-0.39, 0.29) is 25.4 Å². The zero-order valence-electron chi connectivity index (χ0n) is 10.8. The van der Waals surface area contributed by atoms with Crippen LogP contribution in [0.1, 0.15) is 30.8 Å². The van der Waals surface area contributed by atoms with E-state index in [9.17, 15) is 18.0 Å². The number of rotatable bonds is 1. The predicted molar refractivity (Wildman–Crippen MR) is 62.4 cm³/mol. The highest BCUT2D eigenvalue weighted by Gasteiger charge is 2.51. The van der Waals surface area contributed by atoms with E-state index in [0.717, 1.165) is 0 Å². The molecule has 1 unspecified atom stereocenters. The lowest BCUT2D eigenvalue weighted by Crippen LogP contribution is -2.52. The Bertz CT molecular complexity index is 453. The molecule has 4 nitrogen and oxygen atoms in total. The highest BCUT2D eigenvalue weighted by molar-refractivity contribution is 5.92. The molecule has 1 aliphatic rings. The monoisotopic (exact) mass is 275 g/mol. The van der Waals surface area contributed by atoms with Crippen LogP contribution < -0.4 is 0 Å². The first kappa shape index (κ1) is 13.9. The van der Waals surface area contributed by atoms with Gasteiger partial charge in [0.05, 0.1) is 5.92 Å². The van der Waals surface area contributed by atoms with Gasteiger partial charge >= 0.3 is 6.18 Å². The van der Waals surface area contributed by atoms with Crippen LogP contribution >= 0.6 is 0 Å². The number of aromatic amines is 1. The molecule has 1 aliphatic heterocycles. The van der Waals surface area contributed by atoms with Crippen LogP contribution in [-0.2, 0) is 0 Å². The second-order valence-corrected chi connectivity index (χ2v) is 5.57. The second-order valence-electron chi connectivity index (χ2n) is 5.57. The van der Waals surface area contributed by atoms with Crippen LogP contribution in [0, 0.1) is 11.3 Å². The summed E-state index contributed by atoms with van der Waals surface area (Å²) >= 11 is 0. The van der Waals surface area contributed by atoms with Crippen molar-refractivity contribution in [1.29, 1.82) is 0 Å². The number of halogens is 3. The van der Waals surface area contributed by atoms with Crippen molar-refractivity contribution in [2.45, 2.75) is 26.4 Å². The van der Waals surface area contributed by atoms with Gasteiger partial charge in [0.2, 0.25) is 0 Å². The number of carbonyl (C=O) groups excluding carboxylic acids is 1. The molecule has 1 saturated heterocycles. The number of aromatic nitrogens is 2. The van der Waals surface area contributed by atoms with Gasteiger partial charge in [0.25, 0.3) is 5.91 Å². The lowest BCUT2D eigenvalue weighted by atomic mass is 9.73. The summed E-state index contributed by atoms with van der Waals surface area (Å²) in [5, 5.41) is 6.22. The van der Waals surface area contributed by atoms with E-state index in [1.807, 2.05) is 0 Å². The summed E-state index contributed by atoms with van der Waals surface area (Å²) in [4.78, 5) is 13.5. The molecule has 1 amide bonds. The van der Waals surface area contributed by atoms with Crippen molar-refractivity contribution in [3.8, 4) is 0 Å². The maximum Gasteiger partial charge on any atom is 0.392 e. The Morgan fingerprint density at radius 1 is 1.53 bits per heavy atom. The molecule has 0 aliphatic carbocycles. The summed E-state index contributed by atoms with van der Waals surface area (Å²) in [7, 11) is 0. The fourth-order valence-electron chi connectivity index (χ4n) is 2.68. The number of alkyl halides is 3. The number of amides is 1. The fourth-order valence-corrected chi connectivity index (χ4v) is 2.68. The Hall–Kier alpha value is -1.53. The number of nitrogens with zero attached hydrogens (tertiary/aromatic N) is 2. The lowest BCUT2D eigenvalue weighted by Gasteiger charge is -2.44. The van der Waals surface area contributed by atoms with Gasteiger partial charge in [-0.1, -0.05) is 13.8 Å². The quantitative estimate of drug-likeness (QED) is 0.856. The largest absolute Gasteiger partial charge is 0.392 e. The number of hydrogen-bond acceptors (Lipinski definition) is 2. The van der Waals surface area contributed by atoms with E-state index in [1.165, 1.54) is 17.2 Å². The molecular weight excluding hydrogens is 259 g/mol. The first-order valence-corrected chi connectivity index (χ1v) is 6.07. The summed E-state index contributed by atoms with van der Waals surface area (Å²) in [6.45, 7) is 3.32. The molecule has 1 aromatic heterocycles. The molecular formula is C12H16F3N3O. The van der Waals surface area contributed by atoms with Crippen LogP contribution in [0.15, 0.2) is 12.3 Å². The first-order chi connectivity index (χ1) is 8.72. The minimum Gasteiger partial charge on any atom is -0.337 e. The predicted octanol–water partition coefficient (Wildman–Crippen LogP) is 2.46. The molecule has 7 heteroatoms. The summed E-state index contributed by atoms with van der Waals surface area (Å²) in [6.07, 6.45) is -2.83. The van der Waals surface area contributed by atoms with Gasteiger partial charge in [0, 0.05) is 19.3 Å². The normalized spacial score (nSPS) is 23.4. The summed E-state index contributed by atoms with van der Waals surface area (Å²) in [6, 6.07) is 1.52. The van der Waals surface area contributed by atoms with Crippen LogP contribution in [-0.4, -0.2) is 40.3 Å². The molecule has 1 fully saturated rings. The maximum absolute atomic E-state index is 12.9. The van der Waals surface area contributed by atoms with E-state index in [1.54, 1.807) is 13.8 Å². The smallest absolute Gasteiger partial charge is 0.337 e. The Kier molecular flexibility index (Phi) is 3.32. The highest BCUT2D eigenvalue weighted by atomic mass is 19.4. The average molecular weight is 275 g/mol. The molecule has 0 aromatic carbocycles. The van der Waals surface area contributed by atoms with Gasteiger partial charge in [0.1, 0.15) is 5.69 Å². The van der Waals surface area contributed by atoms with E-state index in [2.05, 4.69) is 10.2 Å². The summed E-state index contributed by atoms with van der Waals surface area (Å²) in [5.41, 5.74) is -0.673. The van der Waals surface area contributed by atoms with Crippen LogP contribution in [0.2, 0.25) is 0 Å². The standard InChI is InChI=1S/C12H16F3N3O/c1-11(2)7-18(6-4-9(11)12(13,14)15)10(19)8-3-5-16-17-8/h3,5,9H,4,6-7H2,1-2H3,(H,16,17). The maximum atomic E-state index is 12.9. The third-order valence-corrected chi connectivity index (χ3v) is 3.64. The number of piperidine rings is 1. The Balaban J connectivity index is 2.12. The van der Waals surface area contributed by atoms with Crippen LogP contribution in [0.25, 0.3) is 0 Å². The zero-order chi connectivity index (χ0) is 14.3. The number of nitrogens with one attached hydrogen (secondary N) is 1. The van der Waals surface area contributed by atoms with E-state index < -0.39 is 17.5 Å². The van der Waals surface area contributed by atoms with Crippen molar-refractivity contribution in [3.05, 3.63) is 18.0 Å². The van der Waals surface area contributed by atoms with Crippen molar-refractivity contribution in [2.24, 2.45) is 11.3 Å². The van der Waals surface area contributed by atoms with Crippen molar-refractivity contribution >= 4 is 5.91 Å². The van der Waals surface area contributed by atoms with Gasteiger partial charge in [-0.15, -0.1) is 0 Å². The molecule has 0 spiro atoms. The molecule has 2 heterocycles. The van der Waals surface area contributed by atoms with Crippen LogP contribution in [0.5, 0.6) is 0 Å². The van der Waals surface area contributed by atoms with Gasteiger partial charge in [-0.25, -0.2) is 0 Å². The highest BCUT2D eigenvalue weighted by Crippen LogP contribution is 2.45. The van der Waals surface area contributed by atoms with Gasteiger partial charge in [-0.2, -0.15) is 18.3 Å². The molecule has 2 rings (SSSR count). The third-order valence-electron chi connectivity index (χ3n) is 3.64. The van der Waals surface area contributed by atoms with Crippen molar-refractivity contribution in [2.75, 3.05) is 13.1 Å². The molecule has 1 aromatic rings. The summed E-state index contributed by atoms with van der Waals surface area (Å²) in [5.74, 6) is -1.67. The van der Waals surface area contributed by atoms with Gasteiger partial charge < -0.3 is 4.90 Å². The molecule has 0 saturated carbocycles. The zero-order valence-corrected chi connectivity index (χ0v) is 10.8.